The van der Waals surface area contributed by atoms with Gasteiger partial charge in [-0.1, -0.05) is 41.0 Å². The Balaban J connectivity index is 3.00. The summed E-state index contributed by atoms with van der Waals surface area (Å²) in [4.78, 5) is 12.6. The van der Waals surface area contributed by atoms with Crippen LogP contribution in [0.25, 0.3) is 0 Å². The van der Waals surface area contributed by atoms with E-state index in [9.17, 15) is 4.79 Å². The molecule has 0 N–H and O–H groups in total. The summed E-state index contributed by atoms with van der Waals surface area (Å²) in [6.45, 7) is 15.1. The van der Waals surface area contributed by atoms with E-state index in [2.05, 4.69) is 34.6 Å². The third-order valence-electron chi connectivity index (χ3n) is 5.48. The third-order valence-corrected chi connectivity index (χ3v) is 5.48. The normalized spacial score (nSPS) is 31.4. The Morgan fingerprint density at radius 2 is 1.90 bits per heavy atom. The van der Waals surface area contributed by atoms with E-state index in [4.69, 9.17) is 4.74 Å². The lowest BCUT2D eigenvalue weighted by atomic mass is 9.65. The van der Waals surface area contributed by atoms with Gasteiger partial charge in [-0.05, 0) is 51.4 Å². The molecule has 0 amide bonds. The molecule has 2 heteroatoms. The van der Waals surface area contributed by atoms with Gasteiger partial charge in [0.2, 0.25) is 0 Å². The van der Waals surface area contributed by atoms with E-state index in [1.165, 1.54) is 12.8 Å². The zero-order valence-electron chi connectivity index (χ0n) is 14.6. The van der Waals surface area contributed by atoms with Crippen LogP contribution in [0, 0.1) is 23.2 Å². The summed E-state index contributed by atoms with van der Waals surface area (Å²) in [5.74, 6) is 1.71. The molecule has 1 rings (SSSR count). The summed E-state index contributed by atoms with van der Waals surface area (Å²) < 4.78 is 6.19. The van der Waals surface area contributed by atoms with Crippen LogP contribution in [0.3, 0.4) is 0 Å². The lowest BCUT2D eigenvalue weighted by molar-refractivity contribution is -0.188. The second kappa shape index (κ2) is 6.49. The molecule has 0 aromatic heterocycles. The minimum atomic E-state index is -0.371. The van der Waals surface area contributed by atoms with Crippen LogP contribution in [0.5, 0.6) is 0 Å². The molecule has 0 aromatic carbocycles. The average molecular weight is 282 g/mol. The van der Waals surface area contributed by atoms with Crippen molar-refractivity contribution in [1.29, 1.82) is 0 Å². The van der Waals surface area contributed by atoms with Crippen molar-refractivity contribution in [3.8, 4) is 0 Å². The Labute approximate surface area is 125 Å². The SMILES string of the molecule is CCC(C)(C)C(=O)OC1(CC)CC(C)CCC1C(C)C. The van der Waals surface area contributed by atoms with Crippen molar-refractivity contribution in [1.82, 2.24) is 0 Å². The molecule has 2 nitrogen and oxygen atoms in total. The van der Waals surface area contributed by atoms with Gasteiger partial charge in [0.1, 0.15) is 5.60 Å². The summed E-state index contributed by atoms with van der Waals surface area (Å²) in [6.07, 6.45) is 5.24. The van der Waals surface area contributed by atoms with E-state index in [0.29, 0.717) is 17.8 Å². The molecule has 3 atom stereocenters. The summed E-state index contributed by atoms with van der Waals surface area (Å²) in [5.41, 5.74) is -0.611. The third kappa shape index (κ3) is 3.56. The van der Waals surface area contributed by atoms with Crippen molar-refractivity contribution in [2.75, 3.05) is 0 Å². The Morgan fingerprint density at radius 1 is 1.30 bits per heavy atom. The monoisotopic (exact) mass is 282 g/mol. The van der Waals surface area contributed by atoms with Gasteiger partial charge < -0.3 is 4.74 Å². The Bertz CT molecular complexity index is 332. The first-order valence-corrected chi connectivity index (χ1v) is 8.42. The van der Waals surface area contributed by atoms with Crippen molar-refractivity contribution in [3.05, 3.63) is 0 Å². The maximum atomic E-state index is 12.6. The maximum absolute atomic E-state index is 12.6. The van der Waals surface area contributed by atoms with E-state index < -0.39 is 0 Å². The molecule has 1 fully saturated rings. The molecule has 0 bridgehead atoms. The predicted molar refractivity (Wildman–Crippen MR) is 84.5 cm³/mol. The predicted octanol–water partition coefficient (Wildman–Crippen LogP) is 5.21. The summed E-state index contributed by atoms with van der Waals surface area (Å²) in [5, 5.41) is 0. The fourth-order valence-corrected chi connectivity index (χ4v) is 3.57. The van der Waals surface area contributed by atoms with Crippen molar-refractivity contribution >= 4 is 5.97 Å². The fourth-order valence-electron chi connectivity index (χ4n) is 3.57. The average Bonchev–Trinajstić information content (AvgIpc) is 2.38. The van der Waals surface area contributed by atoms with Gasteiger partial charge in [-0.2, -0.15) is 0 Å². The van der Waals surface area contributed by atoms with Crippen LogP contribution in [0.1, 0.15) is 80.6 Å². The first-order chi connectivity index (χ1) is 9.18. The minimum absolute atomic E-state index is 0.0124. The van der Waals surface area contributed by atoms with Crippen LogP contribution in [0.2, 0.25) is 0 Å². The second-order valence-electron chi connectivity index (χ2n) is 7.78. The number of hydrogen-bond acceptors (Lipinski definition) is 2. The van der Waals surface area contributed by atoms with Crippen molar-refractivity contribution in [2.45, 2.75) is 86.2 Å². The molecule has 0 radical (unpaired) electrons. The zero-order chi connectivity index (χ0) is 15.6. The molecule has 0 heterocycles. The van der Waals surface area contributed by atoms with E-state index in [1.807, 2.05) is 13.8 Å². The van der Waals surface area contributed by atoms with Gasteiger partial charge in [-0.3, -0.25) is 4.79 Å². The van der Waals surface area contributed by atoms with Gasteiger partial charge in [0.05, 0.1) is 5.41 Å². The number of carbonyl (C=O) groups is 1. The smallest absolute Gasteiger partial charge is 0.312 e. The molecule has 3 unspecified atom stereocenters. The van der Waals surface area contributed by atoms with Crippen molar-refractivity contribution in [3.63, 3.8) is 0 Å². The van der Waals surface area contributed by atoms with E-state index in [-0.39, 0.29) is 17.0 Å². The highest BCUT2D eigenvalue weighted by atomic mass is 16.6. The number of hydrogen-bond donors (Lipinski definition) is 0. The zero-order valence-corrected chi connectivity index (χ0v) is 14.6. The molecule has 1 saturated carbocycles. The van der Waals surface area contributed by atoms with E-state index in [0.717, 1.165) is 19.3 Å². The number of rotatable bonds is 5. The van der Waals surface area contributed by atoms with Gasteiger partial charge in [-0.15, -0.1) is 0 Å². The molecular weight excluding hydrogens is 248 g/mol. The molecule has 0 aromatic rings. The summed E-state index contributed by atoms with van der Waals surface area (Å²) >= 11 is 0. The van der Waals surface area contributed by atoms with Crippen LogP contribution in [0.15, 0.2) is 0 Å². The van der Waals surface area contributed by atoms with Crippen molar-refractivity contribution in [2.24, 2.45) is 23.2 Å². The van der Waals surface area contributed by atoms with Crippen LogP contribution in [-0.4, -0.2) is 11.6 Å². The van der Waals surface area contributed by atoms with Crippen LogP contribution in [0.4, 0.5) is 0 Å². The Kier molecular flexibility index (Phi) is 5.69. The Morgan fingerprint density at radius 3 is 2.35 bits per heavy atom. The minimum Gasteiger partial charge on any atom is -0.458 e. The number of ether oxygens (including phenoxy) is 1. The van der Waals surface area contributed by atoms with Crippen LogP contribution >= 0.6 is 0 Å². The second-order valence-corrected chi connectivity index (χ2v) is 7.78. The quantitative estimate of drug-likeness (QED) is 0.647. The topological polar surface area (TPSA) is 26.3 Å². The first-order valence-electron chi connectivity index (χ1n) is 8.42. The standard InChI is InChI=1S/C18H34O2/c1-8-17(6,7)16(19)20-18(9-2)12-14(5)10-11-15(18)13(3)4/h13-15H,8-12H2,1-7H3. The van der Waals surface area contributed by atoms with Gasteiger partial charge in [0.15, 0.2) is 0 Å². The molecule has 0 saturated heterocycles. The Hall–Kier alpha value is -0.530. The van der Waals surface area contributed by atoms with Gasteiger partial charge >= 0.3 is 5.97 Å². The van der Waals surface area contributed by atoms with Gasteiger partial charge in [0, 0.05) is 5.92 Å². The van der Waals surface area contributed by atoms with E-state index >= 15 is 0 Å². The van der Waals surface area contributed by atoms with E-state index in [1.54, 1.807) is 0 Å². The number of carbonyl (C=O) groups excluding carboxylic acids is 1. The summed E-state index contributed by atoms with van der Waals surface area (Å²) in [7, 11) is 0. The maximum Gasteiger partial charge on any atom is 0.312 e. The molecule has 0 aliphatic heterocycles. The highest BCUT2D eigenvalue weighted by molar-refractivity contribution is 5.76. The highest BCUT2D eigenvalue weighted by Gasteiger charge is 2.47. The van der Waals surface area contributed by atoms with Crippen LogP contribution < -0.4 is 0 Å². The highest BCUT2D eigenvalue weighted by Crippen LogP contribution is 2.46. The molecule has 20 heavy (non-hydrogen) atoms. The van der Waals surface area contributed by atoms with Gasteiger partial charge in [-0.25, -0.2) is 0 Å². The largest absolute Gasteiger partial charge is 0.458 e. The van der Waals surface area contributed by atoms with Crippen LogP contribution in [-0.2, 0) is 9.53 Å². The van der Waals surface area contributed by atoms with Gasteiger partial charge in [0.25, 0.3) is 0 Å². The lowest BCUT2D eigenvalue weighted by Crippen LogP contribution is -2.50. The lowest BCUT2D eigenvalue weighted by Gasteiger charge is -2.48. The molecule has 1 aliphatic carbocycles. The first kappa shape index (κ1) is 17.5. The molecule has 1 aliphatic rings. The molecular formula is C18H34O2. The van der Waals surface area contributed by atoms with Crippen molar-refractivity contribution < 1.29 is 9.53 Å². The number of esters is 1. The molecule has 0 spiro atoms. The fraction of sp³-hybridized carbons (Fsp3) is 0.944. The molecule has 118 valence electrons. The summed E-state index contributed by atoms with van der Waals surface area (Å²) in [6, 6.07) is 0.